The van der Waals surface area contributed by atoms with Gasteiger partial charge in [-0.15, -0.1) is 0 Å². The average Bonchev–Trinajstić information content (AvgIpc) is 3.01. The van der Waals surface area contributed by atoms with Crippen molar-refractivity contribution in [1.82, 2.24) is 4.90 Å². The Bertz CT molecular complexity index is 1690. The van der Waals surface area contributed by atoms with E-state index >= 15 is 0 Å². The van der Waals surface area contributed by atoms with Gasteiger partial charge in [0, 0.05) is 54.1 Å². The van der Waals surface area contributed by atoms with E-state index in [1.165, 1.54) is 0 Å². The van der Waals surface area contributed by atoms with Gasteiger partial charge >= 0.3 is 0 Å². The second-order valence-corrected chi connectivity index (χ2v) is 10.6. The van der Waals surface area contributed by atoms with Crippen LogP contribution in [-0.2, 0) is 4.79 Å². The maximum atomic E-state index is 13.7. The van der Waals surface area contributed by atoms with E-state index in [9.17, 15) is 19.2 Å². The number of para-hydroxylation sites is 1. The fourth-order valence-electron chi connectivity index (χ4n) is 5.51. The lowest BCUT2D eigenvalue weighted by Crippen LogP contribution is -2.48. The maximum Gasteiger partial charge on any atom is 0.255 e. The van der Waals surface area contributed by atoms with Crippen molar-refractivity contribution in [2.45, 2.75) is 6.92 Å². The molecule has 8 nitrogen and oxygen atoms in total. The highest BCUT2D eigenvalue weighted by Crippen LogP contribution is 2.37. The Labute approximate surface area is 244 Å². The first-order valence-corrected chi connectivity index (χ1v) is 13.9. The maximum absolute atomic E-state index is 13.7. The molecule has 6 rings (SSSR count). The third kappa shape index (κ3) is 5.32. The van der Waals surface area contributed by atoms with E-state index in [1.807, 2.05) is 37.3 Å². The summed E-state index contributed by atoms with van der Waals surface area (Å²) < 4.78 is 0. The van der Waals surface area contributed by atoms with E-state index < -0.39 is 5.91 Å². The molecule has 2 amide bonds. The van der Waals surface area contributed by atoms with E-state index in [0.717, 1.165) is 24.3 Å². The minimum absolute atomic E-state index is 0.0773. The monoisotopic (exact) mass is 558 g/mol. The molecule has 1 aliphatic carbocycles. The van der Waals surface area contributed by atoms with Crippen LogP contribution in [0.15, 0.2) is 91.0 Å². The topological polar surface area (TPSA) is 98.8 Å². The van der Waals surface area contributed by atoms with Gasteiger partial charge in [0.05, 0.1) is 23.5 Å². The summed E-state index contributed by atoms with van der Waals surface area (Å²) in [5.41, 5.74) is 3.78. The summed E-state index contributed by atoms with van der Waals surface area (Å²) >= 11 is 0. The second kappa shape index (κ2) is 11.4. The van der Waals surface area contributed by atoms with E-state index in [-0.39, 0.29) is 52.1 Å². The van der Waals surface area contributed by atoms with Crippen molar-refractivity contribution < 1.29 is 19.2 Å². The van der Waals surface area contributed by atoms with Crippen LogP contribution in [0.1, 0.15) is 47.8 Å². The van der Waals surface area contributed by atoms with Crippen LogP contribution < -0.4 is 15.5 Å². The Morgan fingerprint density at radius 1 is 0.690 bits per heavy atom. The van der Waals surface area contributed by atoms with E-state index in [4.69, 9.17) is 0 Å². The molecular formula is C34H30N4O4. The van der Waals surface area contributed by atoms with Gasteiger partial charge in [-0.25, -0.2) is 0 Å². The Balaban J connectivity index is 1.26. The van der Waals surface area contributed by atoms with Gasteiger partial charge in [0.15, 0.2) is 11.6 Å². The van der Waals surface area contributed by atoms with E-state index in [0.29, 0.717) is 24.2 Å². The molecule has 2 aliphatic rings. The molecule has 0 unspecified atom stereocenters. The molecule has 1 saturated heterocycles. The van der Waals surface area contributed by atoms with Crippen LogP contribution in [0.3, 0.4) is 0 Å². The van der Waals surface area contributed by atoms with Crippen molar-refractivity contribution in [3.8, 4) is 0 Å². The number of piperazine rings is 1. The first-order chi connectivity index (χ1) is 20.4. The van der Waals surface area contributed by atoms with Crippen LogP contribution in [0.2, 0.25) is 0 Å². The summed E-state index contributed by atoms with van der Waals surface area (Å²) in [6, 6.07) is 26.9. The molecule has 0 bridgehead atoms. The SMILES string of the molecule is Cc1ccc(C(=O)Nc2c(NC(=O)CN3CCN(c4ccccc4)CC3)ccc3c2C(=O)c2ccccc2C3=O)cc1. The molecule has 210 valence electrons. The fraction of sp³-hybridized carbons (Fsp3) is 0.176. The number of hydrogen-bond donors (Lipinski definition) is 2. The summed E-state index contributed by atoms with van der Waals surface area (Å²) in [5.74, 6) is -1.41. The lowest BCUT2D eigenvalue weighted by Gasteiger charge is -2.35. The highest BCUT2D eigenvalue weighted by molar-refractivity contribution is 6.31. The predicted octanol–water partition coefficient (Wildman–Crippen LogP) is 4.78. The summed E-state index contributed by atoms with van der Waals surface area (Å²) in [7, 11) is 0. The number of carbonyl (C=O) groups excluding carboxylic acids is 4. The zero-order valence-electron chi connectivity index (χ0n) is 23.2. The highest BCUT2D eigenvalue weighted by Gasteiger charge is 2.33. The molecule has 1 fully saturated rings. The summed E-state index contributed by atoms with van der Waals surface area (Å²) in [5, 5.41) is 5.75. The van der Waals surface area contributed by atoms with Crippen molar-refractivity contribution in [3.63, 3.8) is 0 Å². The van der Waals surface area contributed by atoms with Gasteiger partial charge in [0.25, 0.3) is 5.91 Å². The average molecular weight is 559 g/mol. The standard InChI is InChI=1S/C34H30N4O4/c1-22-11-13-23(14-12-22)34(42)36-31-28(16-15-27-30(31)33(41)26-10-6-5-9-25(26)32(27)40)35-29(39)21-37-17-19-38(20-18-37)24-7-3-2-4-8-24/h2-16H,17-21H2,1H3,(H,35,39)(H,36,42). The van der Waals surface area contributed by atoms with E-state index in [2.05, 4.69) is 32.6 Å². The van der Waals surface area contributed by atoms with Crippen molar-refractivity contribution in [3.05, 3.63) is 124 Å². The van der Waals surface area contributed by atoms with Gasteiger partial charge in [0.2, 0.25) is 5.91 Å². The summed E-state index contributed by atoms with van der Waals surface area (Å²) in [4.78, 5) is 58.0. The third-order valence-electron chi connectivity index (χ3n) is 7.78. The van der Waals surface area contributed by atoms with Crippen LogP contribution in [-0.4, -0.2) is 61.0 Å². The second-order valence-electron chi connectivity index (χ2n) is 10.6. The zero-order valence-corrected chi connectivity index (χ0v) is 23.2. The smallest absolute Gasteiger partial charge is 0.255 e. The lowest BCUT2D eigenvalue weighted by atomic mass is 9.82. The minimum Gasteiger partial charge on any atom is -0.369 e. The molecule has 1 heterocycles. The quantitative estimate of drug-likeness (QED) is 0.311. The molecule has 0 aromatic heterocycles. The molecule has 42 heavy (non-hydrogen) atoms. The van der Waals surface area contributed by atoms with Gasteiger partial charge in [-0.05, 0) is 43.3 Å². The number of fused-ring (bicyclic) bond motifs is 2. The van der Waals surface area contributed by atoms with E-state index in [1.54, 1.807) is 48.5 Å². The van der Waals surface area contributed by atoms with Crippen molar-refractivity contribution in [2.75, 3.05) is 48.3 Å². The number of nitrogens with one attached hydrogen (secondary N) is 2. The molecular weight excluding hydrogens is 528 g/mol. The van der Waals surface area contributed by atoms with Crippen molar-refractivity contribution in [1.29, 1.82) is 0 Å². The normalized spacial score (nSPS) is 14.6. The van der Waals surface area contributed by atoms with Gasteiger partial charge in [-0.2, -0.15) is 0 Å². The number of carbonyl (C=O) groups is 4. The van der Waals surface area contributed by atoms with Crippen LogP contribution in [0.4, 0.5) is 17.1 Å². The highest BCUT2D eigenvalue weighted by atomic mass is 16.2. The molecule has 0 saturated carbocycles. The lowest BCUT2D eigenvalue weighted by molar-refractivity contribution is -0.117. The third-order valence-corrected chi connectivity index (χ3v) is 7.78. The number of aryl methyl sites for hydroxylation is 1. The van der Waals surface area contributed by atoms with Gasteiger partial charge in [-0.3, -0.25) is 24.1 Å². The van der Waals surface area contributed by atoms with Crippen molar-refractivity contribution >= 4 is 40.4 Å². The minimum atomic E-state index is -0.449. The number of anilines is 3. The van der Waals surface area contributed by atoms with Crippen molar-refractivity contribution in [2.24, 2.45) is 0 Å². The predicted molar refractivity (Wildman–Crippen MR) is 163 cm³/mol. The summed E-state index contributed by atoms with van der Waals surface area (Å²) in [6.45, 7) is 5.10. The van der Waals surface area contributed by atoms with Crippen LogP contribution >= 0.6 is 0 Å². The molecule has 4 aromatic carbocycles. The number of amides is 2. The molecule has 4 aromatic rings. The molecule has 8 heteroatoms. The number of benzene rings is 4. The number of ketones is 2. The zero-order chi connectivity index (χ0) is 29.2. The molecule has 0 atom stereocenters. The molecule has 1 aliphatic heterocycles. The van der Waals surface area contributed by atoms with Crippen LogP contribution in [0.5, 0.6) is 0 Å². The summed E-state index contributed by atoms with van der Waals surface area (Å²) in [6.07, 6.45) is 0. The molecule has 2 N–H and O–H groups in total. The Morgan fingerprint density at radius 3 is 2.02 bits per heavy atom. The number of nitrogens with zero attached hydrogens (tertiary/aromatic N) is 2. The molecule has 0 spiro atoms. The van der Waals surface area contributed by atoms with Gasteiger partial charge in [-0.1, -0.05) is 60.2 Å². The van der Waals surface area contributed by atoms with Crippen LogP contribution in [0, 0.1) is 6.92 Å². The first-order valence-electron chi connectivity index (χ1n) is 13.9. The van der Waals surface area contributed by atoms with Crippen LogP contribution in [0.25, 0.3) is 0 Å². The fourth-order valence-corrected chi connectivity index (χ4v) is 5.51. The largest absolute Gasteiger partial charge is 0.369 e. The Kier molecular flexibility index (Phi) is 7.37. The van der Waals surface area contributed by atoms with Gasteiger partial charge in [0.1, 0.15) is 0 Å². The van der Waals surface area contributed by atoms with Gasteiger partial charge < -0.3 is 15.5 Å². The first kappa shape index (κ1) is 27.1. The number of rotatable bonds is 6. The Morgan fingerprint density at radius 2 is 1.33 bits per heavy atom. The molecule has 0 radical (unpaired) electrons. The number of hydrogen-bond acceptors (Lipinski definition) is 6. The Hall–Kier alpha value is -5.08.